The number of rotatable bonds is 4. The van der Waals surface area contributed by atoms with Crippen LogP contribution in [0.25, 0.3) is 0 Å². The van der Waals surface area contributed by atoms with Crippen LogP contribution in [0.4, 0.5) is 5.82 Å². The molecule has 3 rings (SSSR count). The summed E-state index contributed by atoms with van der Waals surface area (Å²) in [6.07, 6.45) is 8.54. The molecule has 1 aliphatic carbocycles. The lowest BCUT2D eigenvalue weighted by Gasteiger charge is -2.31. The molecule has 2 N–H and O–H groups in total. The maximum atomic E-state index is 11.7. The zero-order valence-corrected chi connectivity index (χ0v) is 13.4. The van der Waals surface area contributed by atoms with Crippen molar-refractivity contribution < 1.29 is 9.59 Å². The average molecular weight is 316 g/mol. The first-order valence-electron chi connectivity index (χ1n) is 8.56. The topological polar surface area (TPSA) is 89.2 Å². The molecular weight excluding hydrogens is 292 g/mol. The van der Waals surface area contributed by atoms with Crippen LogP contribution in [0.3, 0.4) is 0 Å². The number of nitrogens with two attached hydrogens (primary N) is 1. The monoisotopic (exact) mass is 316 g/mol. The summed E-state index contributed by atoms with van der Waals surface area (Å²) in [6, 6.07) is 2.00. The fourth-order valence-corrected chi connectivity index (χ4v) is 3.73. The van der Waals surface area contributed by atoms with E-state index in [1.54, 1.807) is 0 Å². The summed E-state index contributed by atoms with van der Waals surface area (Å²) in [7, 11) is 0. The van der Waals surface area contributed by atoms with Gasteiger partial charge in [0.15, 0.2) is 11.5 Å². The molecule has 0 atom stereocenters. The normalized spacial score (nSPS) is 20.4. The second-order valence-electron chi connectivity index (χ2n) is 6.67. The number of carbonyl (C=O) groups excluding carboxylic acids is 2. The Morgan fingerprint density at radius 1 is 1.13 bits per heavy atom. The van der Waals surface area contributed by atoms with Gasteiger partial charge in [0.2, 0.25) is 0 Å². The van der Waals surface area contributed by atoms with Crippen LogP contribution in [-0.2, 0) is 4.79 Å². The van der Waals surface area contributed by atoms with Gasteiger partial charge in [-0.05, 0) is 43.2 Å². The SMILES string of the molecule is NC(=O)c1nnc(N2CCC(C=O)CC2)cc1C1CCCCC1. The quantitative estimate of drug-likeness (QED) is 0.859. The third kappa shape index (κ3) is 3.51. The Hall–Kier alpha value is -1.98. The smallest absolute Gasteiger partial charge is 0.269 e. The van der Waals surface area contributed by atoms with Crippen molar-refractivity contribution in [1.82, 2.24) is 10.2 Å². The first kappa shape index (κ1) is 15.9. The number of piperidine rings is 1. The van der Waals surface area contributed by atoms with Crippen LogP contribution in [-0.4, -0.2) is 35.5 Å². The van der Waals surface area contributed by atoms with Crippen molar-refractivity contribution in [3.8, 4) is 0 Å². The minimum absolute atomic E-state index is 0.155. The number of aromatic nitrogens is 2. The summed E-state index contributed by atoms with van der Waals surface area (Å²) in [5.41, 5.74) is 6.77. The molecule has 0 radical (unpaired) electrons. The molecule has 1 amide bonds. The lowest BCUT2D eigenvalue weighted by molar-refractivity contribution is -0.111. The van der Waals surface area contributed by atoms with Gasteiger partial charge in [-0.15, -0.1) is 10.2 Å². The Morgan fingerprint density at radius 3 is 2.43 bits per heavy atom. The fourth-order valence-electron chi connectivity index (χ4n) is 3.73. The number of carbonyl (C=O) groups is 2. The second kappa shape index (κ2) is 7.06. The molecule has 1 saturated heterocycles. The van der Waals surface area contributed by atoms with Gasteiger partial charge in [0, 0.05) is 19.0 Å². The number of hydrogen-bond acceptors (Lipinski definition) is 5. The molecule has 2 heterocycles. The summed E-state index contributed by atoms with van der Waals surface area (Å²) in [6.45, 7) is 1.61. The van der Waals surface area contributed by atoms with Crippen molar-refractivity contribution in [3.63, 3.8) is 0 Å². The van der Waals surface area contributed by atoms with Crippen molar-refractivity contribution in [1.29, 1.82) is 0 Å². The van der Waals surface area contributed by atoms with Gasteiger partial charge in [0.1, 0.15) is 6.29 Å². The first-order chi connectivity index (χ1) is 11.2. The molecule has 0 aromatic carbocycles. The van der Waals surface area contributed by atoms with Gasteiger partial charge >= 0.3 is 0 Å². The number of primary amides is 1. The average Bonchev–Trinajstić information content (AvgIpc) is 2.62. The molecule has 23 heavy (non-hydrogen) atoms. The van der Waals surface area contributed by atoms with E-state index < -0.39 is 5.91 Å². The summed E-state index contributed by atoms with van der Waals surface area (Å²) >= 11 is 0. The zero-order valence-electron chi connectivity index (χ0n) is 13.4. The maximum absolute atomic E-state index is 11.7. The van der Waals surface area contributed by atoms with Crippen LogP contribution in [0, 0.1) is 5.92 Å². The van der Waals surface area contributed by atoms with Crippen molar-refractivity contribution in [2.45, 2.75) is 50.9 Å². The Morgan fingerprint density at radius 2 is 1.83 bits per heavy atom. The van der Waals surface area contributed by atoms with Crippen molar-refractivity contribution in [3.05, 3.63) is 17.3 Å². The van der Waals surface area contributed by atoms with Gasteiger partial charge in [-0.1, -0.05) is 19.3 Å². The van der Waals surface area contributed by atoms with Crippen molar-refractivity contribution in [2.75, 3.05) is 18.0 Å². The highest BCUT2D eigenvalue weighted by Crippen LogP contribution is 2.35. The third-order valence-electron chi connectivity index (χ3n) is 5.14. The van der Waals surface area contributed by atoms with Gasteiger partial charge in [0.05, 0.1) is 0 Å². The van der Waals surface area contributed by atoms with E-state index in [0.717, 1.165) is 56.4 Å². The van der Waals surface area contributed by atoms with Crippen molar-refractivity contribution >= 4 is 18.0 Å². The van der Waals surface area contributed by atoms with E-state index in [2.05, 4.69) is 15.1 Å². The van der Waals surface area contributed by atoms with Crippen LogP contribution in [0.1, 0.15) is 66.9 Å². The molecule has 0 spiro atoms. The van der Waals surface area contributed by atoms with Gasteiger partial charge in [-0.25, -0.2) is 0 Å². The molecular formula is C17H24N4O2. The Labute approximate surface area is 136 Å². The number of nitrogens with zero attached hydrogens (tertiary/aromatic N) is 3. The van der Waals surface area contributed by atoms with Crippen LogP contribution >= 0.6 is 0 Å². The van der Waals surface area contributed by atoms with Gasteiger partial charge in [-0.2, -0.15) is 0 Å². The predicted octanol–water partition coefficient (Wildman–Crippen LogP) is 2.04. The molecule has 1 aromatic rings. The molecule has 0 bridgehead atoms. The number of aldehydes is 1. The molecule has 0 unspecified atom stereocenters. The highest BCUT2D eigenvalue weighted by Gasteiger charge is 2.25. The van der Waals surface area contributed by atoms with Gasteiger partial charge in [0.25, 0.3) is 5.91 Å². The van der Waals surface area contributed by atoms with E-state index in [4.69, 9.17) is 5.73 Å². The molecule has 1 aliphatic heterocycles. The molecule has 2 aliphatic rings. The largest absolute Gasteiger partial charge is 0.364 e. The lowest BCUT2D eigenvalue weighted by Crippen LogP contribution is -2.35. The molecule has 1 aromatic heterocycles. The minimum Gasteiger partial charge on any atom is -0.364 e. The summed E-state index contributed by atoms with van der Waals surface area (Å²) in [5.74, 6) is 0.819. The van der Waals surface area contributed by atoms with E-state index >= 15 is 0 Å². The van der Waals surface area contributed by atoms with Crippen LogP contribution in [0.5, 0.6) is 0 Å². The van der Waals surface area contributed by atoms with E-state index in [9.17, 15) is 9.59 Å². The minimum atomic E-state index is -0.496. The lowest BCUT2D eigenvalue weighted by atomic mass is 9.83. The Balaban J connectivity index is 1.84. The van der Waals surface area contributed by atoms with E-state index in [1.165, 1.54) is 19.3 Å². The number of amides is 1. The standard InChI is InChI=1S/C17H24N4O2/c18-17(23)16-14(13-4-2-1-3-5-13)10-15(19-20-16)21-8-6-12(11-22)7-9-21/h10-13H,1-9H2,(H2,18,23). The van der Waals surface area contributed by atoms with Gasteiger partial charge < -0.3 is 15.4 Å². The second-order valence-corrected chi connectivity index (χ2v) is 6.67. The third-order valence-corrected chi connectivity index (χ3v) is 5.14. The molecule has 124 valence electrons. The summed E-state index contributed by atoms with van der Waals surface area (Å²) in [5, 5.41) is 8.35. The highest BCUT2D eigenvalue weighted by atomic mass is 16.1. The Kier molecular flexibility index (Phi) is 4.88. The van der Waals surface area contributed by atoms with Crippen LogP contribution < -0.4 is 10.6 Å². The highest BCUT2D eigenvalue weighted by molar-refractivity contribution is 5.92. The number of anilines is 1. The van der Waals surface area contributed by atoms with Crippen LogP contribution in [0.2, 0.25) is 0 Å². The summed E-state index contributed by atoms with van der Waals surface area (Å²) < 4.78 is 0. The maximum Gasteiger partial charge on any atom is 0.269 e. The predicted molar refractivity (Wildman–Crippen MR) is 87.4 cm³/mol. The first-order valence-corrected chi connectivity index (χ1v) is 8.56. The molecule has 1 saturated carbocycles. The van der Waals surface area contributed by atoms with Crippen LogP contribution in [0.15, 0.2) is 6.07 Å². The van der Waals surface area contributed by atoms with Gasteiger partial charge in [-0.3, -0.25) is 4.79 Å². The summed E-state index contributed by atoms with van der Waals surface area (Å²) in [4.78, 5) is 24.7. The van der Waals surface area contributed by atoms with E-state index in [-0.39, 0.29) is 5.92 Å². The molecule has 2 fully saturated rings. The molecule has 6 heteroatoms. The van der Waals surface area contributed by atoms with Crippen molar-refractivity contribution in [2.24, 2.45) is 11.7 Å². The Bertz CT molecular complexity index is 576. The fraction of sp³-hybridized carbons (Fsp3) is 0.647. The molecule has 6 nitrogen and oxygen atoms in total. The van der Waals surface area contributed by atoms with E-state index in [1.807, 2.05) is 6.07 Å². The van der Waals surface area contributed by atoms with E-state index in [0.29, 0.717) is 11.6 Å². The number of hydrogen-bond donors (Lipinski definition) is 1. The zero-order chi connectivity index (χ0) is 16.2.